The molecule has 0 atom stereocenters. The molecule has 1 aliphatic carbocycles. The van der Waals surface area contributed by atoms with Crippen LogP contribution in [-0.4, -0.2) is 36.0 Å². The summed E-state index contributed by atoms with van der Waals surface area (Å²) in [6, 6.07) is 12.6. The molecule has 0 unspecified atom stereocenters. The average molecular weight is 368 g/mol. The maximum Gasteiger partial charge on any atom is 0.334 e. The predicted octanol–water partition coefficient (Wildman–Crippen LogP) is 2.36. The highest BCUT2D eigenvalue weighted by molar-refractivity contribution is 6.03. The largest absolute Gasteiger partial charge is 0.486 e. The first-order chi connectivity index (χ1) is 13.0. The van der Waals surface area contributed by atoms with Gasteiger partial charge in [-0.2, -0.15) is 0 Å². The zero-order valence-corrected chi connectivity index (χ0v) is 14.9. The summed E-state index contributed by atoms with van der Waals surface area (Å²) in [5, 5.41) is 21.4. The van der Waals surface area contributed by atoms with Gasteiger partial charge in [0.15, 0.2) is 17.3 Å². The quantitative estimate of drug-likeness (QED) is 0.639. The Bertz CT molecular complexity index is 914. The minimum atomic E-state index is -2.22. The molecule has 0 amide bonds. The van der Waals surface area contributed by atoms with E-state index in [0.29, 0.717) is 35.8 Å². The first kappa shape index (κ1) is 17.6. The predicted molar refractivity (Wildman–Crippen MR) is 97.3 cm³/mol. The molecule has 0 spiro atoms. The van der Waals surface area contributed by atoms with Crippen molar-refractivity contribution in [2.75, 3.05) is 19.8 Å². The van der Waals surface area contributed by atoms with Crippen molar-refractivity contribution in [3.8, 4) is 11.5 Å². The molecule has 2 aromatic carbocycles. The third-order valence-electron chi connectivity index (χ3n) is 4.69. The van der Waals surface area contributed by atoms with E-state index in [4.69, 9.17) is 14.2 Å². The van der Waals surface area contributed by atoms with Gasteiger partial charge in [0.2, 0.25) is 0 Å². The molecule has 6 heteroatoms. The number of hydrogen-bond acceptors (Lipinski definition) is 6. The number of aliphatic hydroxyl groups is 2. The SMILES string of the molecule is CCOC(=O)C1=C(c2ccccc2)c2cc3c(cc2C(O)(O)C1)OCCO3. The Morgan fingerprint density at radius 1 is 1.11 bits per heavy atom. The fraction of sp³-hybridized carbons (Fsp3) is 0.286. The normalized spacial score (nSPS) is 17.3. The van der Waals surface area contributed by atoms with E-state index in [1.54, 1.807) is 19.1 Å². The third-order valence-corrected chi connectivity index (χ3v) is 4.69. The van der Waals surface area contributed by atoms with Crippen LogP contribution in [0.2, 0.25) is 0 Å². The van der Waals surface area contributed by atoms with Gasteiger partial charge in [0.25, 0.3) is 0 Å². The Hall–Kier alpha value is -2.83. The molecule has 0 saturated heterocycles. The first-order valence-electron chi connectivity index (χ1n) is 8.86. The maximum atomic E-state index is 12.6. The summed E-state index contributed by atoms with van der Waals surface area (Å²) >= 11 is 0. The third kappa shape index (κ3) is 3.07. The van der Waals surface area contributed by atoms with Crippen LogP contribution < -0.4 is 9.47 Å². The van der Waals surface area contributed by atoms with Gasteiger partial charge in [0.05, 0.1) is 12.2 Å². The van der Waals surface area contributed by atoms with Crippen LogP contribution in [0, 0.1) is 0 Å². The number of hydrogen-bond donors (Lipinski definition) is 2. The van der Waals surface area contributed by atoms with Gasteiger partial charge in [-0.05, 0) is 30.2 Å². The van der Waals surface area contributed by atoms with E-state index in [0.717, 1.165) is 5.56 Å². The smallest absolute Gasteiger partial charge is 0.334 e. The summed E-state index contributed by atoms with van der Waals surface area (Å²) in [6.07, 6.45) is -0.275. The number of rotatable bonds is 3. The van der Waals surface area contributed by atoms with E-state index in [2.05, 4.69) is 0 Å². The fourth-order valence-corrected chi connectivity index (χ4v) is 3.55. The topological polar surface area (TPSA) is 85.2 Å². The van der Waals surface area contributed by atoms with E-state index < -0.39 is 11.8 Å². The Labute approximate surface area is 156 Å². The van der Waals surface area contributed by atoms with Crippen molar-refractivity contribution < 1.29 is 29.2 Å². The maximum absolute atomic E-state index is 12.6. The van der Waals surface area contributed by atoms with Crippen LogP contribution in [0.25, 0.3) is 5.57 Å². The lowest BCUT2D eigenvalue weighted by Gasteiger charge is -2.34. The molecule has 4 rings (SSSR count). The molecule has 0 fully saturated rings. The van der Waals surface area contributed by atoms with Gasteiger partial charge in [0.1, 0.15) is 13.2 Å². The number of carbonyl (C=O) groups is 1. The van der Waals surface area contributed by atoms with Crippen molar-refractivity contribution in [1.82, 2.24) is 0 Å². The Morgan fingerprint density at radius 2 is 1.78 bits per heavy atom. The number of ether oxygens (including phenoxy) is 3. The zero-order chi connectivity index (χ0) is 19.0. The number of esters is 1. The Kier molecular flexibility index (Phi) is 4.37. The average Bonchev–Trinajstić information content (AvgIpc) is 2.67. The van der Waals surface area contributed by atoms with Gasteiger partial charge in [-0.25, -0.2) is 4.79 Å². The van der Waals surface area contributed by atoms with Gasteiger partial charge >= 0.3 is 5.97 Å². The van der Waals surface area contributed by atoms with E-state index >= 15 is 0 Å². The van der Waals surface area contributed by atoms with Crippen molar-refractivity contribution in [2.24, 2.45) is 0 Å². The van der Waals surface area contributed by atoms with Gasteiger partial charge in [0, 0.05) is 17.6 Å². The molecule has 1 aliphatic heterocycles. The summed E-state index contributed by atoms with van der Waals surface area (Å²) in [6.45, 7) is 2.71. The standard InChI is InChI=1S/C21H20O6/c1-2-25-20(22)15-12-21(23,24)16-11-18-17(26-8-9-27-18)10-14(16)19(15)13-6-4-3-5-7-13/h3-7,10-11,23-24H,2,8-9,12H2,1H3. The molecule has 27 heavy (non-hydrogen) atoms. The molecule has 6 nitrogen and oxygen atoms in total. The van der Waals surface area contributed by atoms with Crippen LogP contribution in [0.5, 0.6) is 11.5 Å². The summed E-state index contributed by atoms with van der Waals surface area (Å²) < 4.78 is 16.4. The van der Waals surface area contributed by atoms with Crippen LogP contribution in [0.3, 0.4) is 0 Å². The molecule has 140 valence electrons. The molecule has 0 radical (unpaired) electrons. The van der Waals surface area contributed by atoms with Crippen LogP contribution in [0.15, 0.2) is 48.0 Å². The van der Waals surface area contributed by atoms with E-state index in [1.807, 2.05) is 30.3 Å². The second-order valence-corrected chi connectivity index (χ2v) is 6.47. The van der Waals surface area contributed by atoms with Crippen molar-refractivity contribution in [2.45, 2.75) is 19.1 Å². The molecular formula is C21H20O6. The van der Waals surface area contributed by atoms with Crippen LogP contribution in [0.4, 0.5) is 0 Å². The van der Waals surface area contributed by atoms with Crippen molar-refractivity contribution in [1.29, 1.82) is 0 Å². The van der Waals surface area contributed by atoms with Crippen LogP contribution in [0.1, 0.15) is 30.0 Å². The second kappa shape index (κ2) is 6.72. The Balaban J connectivity index is 1.99. The fourth-order valence-electron chi connectivity index (χ4n) is 3.55. The number of carbonyl (C=O) groups excluding carboxylic acids is 1. The lowest BCUT2D eigenvalue weighted by Crippen LogP contribution is -2.33. The van der Waals surface area contributed by atoms with E-state index in [-0.39, 0.29) is 24.2 Å². The van der Waals surface area contributed by atoms with Crippen LogP contribution in [-0.2, 0) is 15.3 Å². The van der Waals surface area contributed by atoms with Gasteiger partial charge in [-0.3, -0.25) is 0 Å². The molecule has 2 aromatic rings. The van der Waals surface area contributed by atoms with Crippen molar-refractivity contribution in [3.63, 3.8) is 0 Å². The minimum absolute atomic E-state index is 0.197. The highest BCUT2D eigenvalue weighted by atomic mass is 16.6. The monoisotopic (exact) mass is 368 g/mol. The van der Waals surface area contributed by atoms with Crippen LogP contribution >= 0.6 is 0 Å². The van der Waals surface area contributed by atoms with Crippen molar-refractivity contribution >= 4 is 11.5 Å². The lowest BCUT2D eigenvalue weighted by atomic mass is 9.78. The van der Waals surface area contributed by atoms with Gasteiger partial charge < -0.3 is 24.4 Å². The molecular weight excluding hydrogens is 348 g/mol. The lowest BCUT2D eigenvalue weighted by molar-refractivity contribution is -0.173. The second-order valence-electron chi connectivity index (χ2n) is 6.47. The molecule has 1 heterocycles. The summed E-state index contributed by atoms with van der Waals surface area (Å²) in [4.78, 5) is 12.6. The van der Waals surface area contributed by atoms with E-state index in [9.17, 15) is 15.0 Å². The summed E-state index contributed by atoms with van der Waals surface area (Å²) in [5.74, 6) is -1.82. The molecule has 0 saturated carbocycles. The summed E-state index contributed by atoms with van der Waals surface area (Å²) in [7, 11) is 0. The number of fused-ring (bicyclic) bond motifs is 2. The highest BCUT2D eigenvalue weighted by Crippen LogP contribution is 2.47. The zero-order valence-electron chi connectivity index (χ0n) is 14.9. The molecule has 2 N–H and O–H groups in total. The molecule has 0 aromatic heterocycles. The molecule has 0 bridgehead atoms. The van der Waals surface area contributed by atoms with Gasteiger partial charge in [-0.1, -0.05) is 30.3 Å². The summed E-state index contributed by atoms with van der Waals surface area (Å²) in [5.41, 5.74) is 2.41. The Morgan fingerprint density at radius 3 is 2.44 bits per heavy atom. The molecule has 2 aliphatic rings. The minimum Gasteiger partial charge on any atom is -0.486 e. The highest BCUT2D eigenvalue weighted by Gasteiger charge is 2.41. The van der Waals surface area contributed by atoms with Gasteiger partial charge in [-0.15, -0.1) is 0 Å². The first-order valence-corrected chi connectivity index (χ1v) is 8.86. The van der Waals surface area contributed by atoms with Crippen molar-refractivity contribution in [3.05, 3.63) is 64.7 Å². The number of benzene rings is 2. The van der Waals surface area contributed by atoms with E-state index in [1.165, 1.54) is 0 Å².